The van der Waals surface area contributed by atoms with E-state index in [1.165, 1.54) is 7.11 Å². The van der Waals surface area contributed by atoms with Gasteiger partial charge in [0.1, 0.15) is 6.61 Å². The SMILES string of the molecule is COC(=O)c1cc(C)c2c(n1)N(C)CCO2. The van der Waals surface area contributed by atoms with Crippen molar-refractivity contribution in [1.29, 1.82) is 0 Å². The van der Waals surface area contributed by atoms with Gasteiger partial charge < -0.3 is 14.4 Å². The quantitative estimate of drug-likeness (QED) is 0.664. The summed E-state index contributed by atoms with van der Waals surface area (Å²) in [6.45, 7) is 3.31. The van der Waals surface area contributed by atoms with Crippen molar-refractivity contribution in [2.24, 2.45) is 0 Å². The van der Waals surface area contributed by atoms with Crippen LogP contribution in [-0.4, -0.2) is 38.3 Å². The number of carbonyl (C=O) groups excluding carboxylic acids is 1. The maximum absolute atomic E-state index is 11.4. The molecule has 1 aliphatic rings. The fourth-order valence-corrected chi connectivity index (χ4v) is 1.68. The number of fused-ring (bicyclic) bond motifs is 1. The number of ether oxygens (including phenoxy) is 2. The molecule has 0 unspecified atom stereocenters. The number of hydrogen-bond donors (Lipinski definition) is 0. The molecule has 0 aromatic carbocycles. The fourth-order valence-electron chi connectivity index (χ4n) is 1.68. The summed E-state index contributed by atoms with van der Waals surface area (Å²) in [5.41, 5.74) is 1.22. The second kappa shape index (κ2) is 4.00. The van der Waals surface area contributed by atoms with Crippen LogP contribution in [0.25, 0.3) is 0 Å². The van der Waals surface area contributed by atoms with Crippen LogP contribution in [0.2, 0.25) is 0 Å². The van der Waals surface area contributed by atoms with E-state index in [9.17, 15) is 4.79 Å². The van der Waals surface area contributed by atoms with Crippen LogP contribution in [0.15, 0.2) is 6.07 Å². The molecule has 0 fully saturated rings. The highest BCUT2D eigenvalue weighted by atomic mass is 16.5. The van der Waals surface area contributed by atoms with Gasteiger partial charge in [0.25, 0.3) is 0 Å². The zero-order valence-corrected chi connectivity index (χ0v) is 9.61. The van der Waals surface area contributed by atoms with Crippen molar-refractivity contribution in [1.82, 2.24) is 4.98 Å². The summed E-state index contributed by atoms with van der Waals surface area (Å²) in [6, 6.07) is 1.68. The third-order valence-electron chi connectivity index (χ3n) is 2.57. The first-order chi connectivity index (χ1) is 7.63. The first-order valence-corrected chi connectivity index (χ1v) is 5.07. The van der Waals surface area contributed by atoms with Gasteiger partial charge >= 0.3 is 5.97 Å². The summed E-state index contributed by atoms with van der Waals surface area (Å²) in [4.78, 5) is 17.6. The number of nitrogens with zero attached hydrogens (tertiary/aromatic N) is 2. The van der Waals surface area contributed by atoms with Crippen molar-refractivity contribution >= 4 is 11.8 Å². The van der Waals surface area contributed by atoms with E-state index in [4.69, 9.17) is 4.74 Å². The van der Waals surface area contributed by atoms with E-state index in [1.54, 1.807) is 6.07 Å². The van der Waals surface area contributed by atoms with Crippen LogP contribution in [0.1, 0.15) is 16.1 Å². The number of aryl methyl sites for hydroxylation is 1. The Bertz CT molecular complexity index is 431. The number of esters is 1. The van der Waals surface area contributed by atoms with E-state index in [-0.39, 0.29) is 0 Å². The molecule has 1 aliphatic heterocycles. The Hall–Kier alpha value is -1.78. The summed E-state index contributed by atoms with van der Waals surface area (Å²) < 4.78 is 10.2. The van der Waals surface area contributed by atoms with Gasteiger partial charge in [0.15, 0.2) is 17.3 Å². The average molecular weight is 222 g/mol. The summed E-state index contributed by atoms with van der Waals surface area (Å²) >= 11 is 0. The molecule has 0 saturated carbocycles. The lowest BCUT2D eigenvalue weighted by molar-refractivity contribution is 0.0594. The van der Waals surface area contributed by atoms with Crippen molar-refractivity contribution in [2.45, 2.75) is 6.92 Å². The van der Waals surface area contributed by atoms with E-state index in [1.807, 2.05) is 18.9 Å². The molecule has 1 aromatic rings. The molecule has 0 saturated heterocycles. The summed E-state index contributed by atoms with van der Waals surface area (Å²) in [5, 5.41) is 0. The maximum Gasteiger partial charge on any atom is 0.356 e. The summed E-state index contributed by atoms with van der Waals surface area (Å²) in [6.07, 6.45) is 0. The molecule has 0 radical (unpaired) electrons. The number of methoxy groups -OCH3 is 1. The highest BCUT2D eigenvalue weighted by molar-refractivity contribution is 5.88. The third kappa shape index (κ3) is 1.68. The highest BCUT2D eigenvalue weighted by Gasteiger charge is 2.21. The molecule has 5 heteroatoms. The summed E-state index contributed by atoms with van der Waals surface area (Å²) in [7, 11) is 3.27. The maximum atomic E-state index is 11.4. The van der Waals surface area contributed by atoms with Crippen LogP contribution >= 0.6 is 0 Å². The third-order valence-corrected chi connectivity index (χ3v) is 2.57. The van der Waals surface area contributed by atoms with E-state index in [0.717, 1.165) is 17.9 Å². The number of hydrogen-bond acceptors (Lipinski definition) is 5. The molecule has 0 bridgehead atoms. The minimum absolute atomic E-state index is 0.316. The fraction of sp³-hybridized carbons (Fsp3) is 0.455. The van der Waals surface area contributed by atoms with Crippen molar-refractivity contribution in [3.63, 3.8) is 0 Å². The molecule has 0 N–H and O–H groups in total. The van der Waals surface area contributed by atoms with E-state index >= 15 is 0 Å². The van der Waals surface area contributed by atoms with Crippen LogP contribution in [-0.2, 0) is 4.74 Å². The molecule has 16 heavy (non-hydrogen) atoms. The first kappa shape index (κ1) is 10.7. The number of anilines is 1. The number of rotatable bonds is 1. The van der Waals surface area contributed by atoms with Crippen LogP contribution in [0.5, 0.6) is 5.75 Å². The molecule has 0 spiro atoms. The van der Waals surface area contributed by atoms with E-state index < -0.39 is 5.97 Å². The standard InChI is InChI=1S/C11H14N2O3/c1-7-6-8(11(14)15-3)12-10-9(7)16-5-4-13(10)2/h6H,4-5H2,1-3H3. The van der Waals surface area contributed by atoms with Gasteiger partial charge in [0.05, 0.1) is 13.7 Å². The molecule has 1 aromatic heterocycles. The number of pyridine rings is 1. The van der Waals surface area contributed by atoms with Gasteiger partial charge in [-0.3, -0.25) is 0 Å². The van der Waals surface area contributed by atoms with Gasteiger partial charge in [-0.15, -0.1) is 0 Å². The van der Waals surface area contributed by atoms with Gasteiger partial charge in [-0.2, -0.15) is 0 Å². The zero-order chi connectivity index (χ0) is 11.7. The molecule has 2 heterocycles. The lowest BCUT2D eigenvalue weighted by atomic mass is 10.2. The van der Waals surface area contributed by atoms with Crippen molar-refractivity contribution in [3.8, 4) is 5.75 Å². The minimum Gasteiger partial charge on any atom is -0.488 e. The van der Waals surface area contributed by atoms with Crippen LogP contribution in [0.3, 0.4) is 0 Å². The van der Waals surface area contributed by atoms with Gasteiger partial charge in [0, 0.05) is 7.05 Å². The number of aromatic nitrogens is 1. The lowest BCUT2D eigenvalue weighted by Crippen LogP contribution is -2.30. The van der Waals surface area contributed by atoms with Crippen molar-refractivity contribution < 1.29 is 14.3 Å². The van der Waals surface area contributed by atoms with Crippen LogP contribution in [0.4, 0.5) is 5.82 Å². The Morgan fingerprint density at radius 1 is 1.62 bits per heavy atom. The largest absolute Gasteiger partial charge is 0.488 e. The highest BCUT2D eigenvalue weighted by Crippen LogP contribution is 2.32. The zero-order valence-electron chi connectivity index (χ0n) is 9.61. The van der Waals surface area contributed by atoms with E-state index in [0.29, 0.717) is 18.1 Å². The normalized spacial score (nSPS) is 14.1. The molecule has 0 amide bonds. The Kier molecular flexibility index (Phi) is 2.68. The molecule has 86 valence electrons. The van der Waals surface area contributed by atoms with Crippen molar-refractivity contribution in [2.75, 3.05) is 32.2 Å². The Balaban J connectivity index is 2.50. The van der Waals surface area contributed by atoms with Gasteiger partial charge in [-0.1, -0.05) is 0 Å². The molecular formula is C11H14N2O3. The molecule has 0 atom stereocenters. The first-order valence-electron chi connectivity index (χ1n) is 5.07. The topological polar surface area (TPSA) is 51.7 Å². The van der Waals surface area contributed by atoms with E-state index in [2.05, 4.69) is 9.72 Å². The van der Waals surface area contributed by atoms with Gasteiger partial charge in [-0.05, 0) is 18.6 Å². The summed E-state index contributed by atoms with van der Waals surface area (Å²) in [5.74, 6) is 1.03. The lowest BCUT2D eigenvalue weighted by Gasteiger charge is -2.27. The molecule has 2 rings (SSSR count). The van der Waals surface area contributed by atoms with Crippen LogP contribution in [0, 0.1) is 6.92 Å². The molecule has 0 aliphatic carbocycles. The number of likely N-dealkylation sites (N-methyl/N-ethyl adjacent to an activating group) is 1. The second-order valence-corrected chi connectivity index (χ2v) is 3.74. The minimum atomic E-state index is -0.426. The Morgan fingerprint density at radius 3 is 3.06 bits per heavy atom. The monoisotopic (exact) mass is 222 g/mol. The number of carbonyl (C=O) groups is 1. The molecular weight excluding hydrogens is 208 g/mol. The average Bonchev–Trinajstić information content (AvgIpc) is 2.29. The van der Waals surface area contributed by atoms with Crippen molar-refractivity contribution in [3.05, 3.63) is 17.3 Å². The smallest absolute Gasteiger partial charge is 0.356 e. The van der Waals surface area contributed by atoms with Gasteiger partial charge in [0.2, 0.25) is 0 Å². The van der Waals surface area contributed by atoms with Crippen LogP contribution < -0.4 is 9.64 Å². The predicted octanol–water partition coefficient (Wildman–Crippen LogP) is 1.01. The Morgan fingerprint density at radius 2 is 2.38 bits per heavy atom. The second-order valence-electron chi connectivity index (χ2n) is 3.74. The predicted molar refractivity (Wildman–Crippen MR) is 59.1 cm³/mol. The molecule has 5 nitrogen and oxygen atoms in total. The Labute approximate surface area is 94.0 Å². The van der Waals surface area contributed by atoms with Gasteiger partial charge in [-0.25, -0.2) is 9.78 Å².